The van der Waals surface area contributed by atoms with Crippen molar-refractivity contribution in [1.29, 1.82) is 0 Å². The molecule has 0 aliphatic heterocycles. The van der Waals surface area contributed by atoms with Crippen molar-refractivity contribution in [2.45, 2.75) is 0 Å². The number of aromatic nitrogens is 2. The number of benzene rings is 2. The summed E-state index contributed by atoms with van der Waals surface area (Å²) < 4.78 is 10.5. The Hall–Kier alpha value is -3.26. The van der Waals surface area contributed by atoms with Crippen LogP contribution >= 0.6 is 0 Å². The standard InChI is InChI=1S/C18H14N2O3/c1-22-14-6-8-17(23-2)13(10-14)5-3-12-4-7-16-15(9-12)18(21)20-11-19-16/h4,6-11H,1-2H3,(H,19,20,21). The summed E-state index contributed by atoms with van der Waals surface area (Å²) in [6.07, 6.45) is 1.39. The molecule has 1 heterocycles. The maximum absolute atomic E-state index is 11.8. The Morgan fingerprint density at radius 3 is 2.70 bits per heavy atom. The van der Waals surface area contributed by atoms with Gasteiger partial charge in [-0.3, -0.25) is 4.79 Å². The fourth-order valence-corrected chi connectivity index (χ4v) is 2.20. The normalized spacial score (nSPS) is 10.0. The van der Waals surface area contributed by atoms with E-state index in [0.29, 0.717) is 28.0 Å². The highest BCUT2D eigenvalue weighted by molar-refractivity contribution is 5.79. The zero-order chi connectivity index (χ0) is 16.2. The third kappa shape index (κ3) is 3.01. The lowest BCUT2D eigenvalue weighted by Gasteiger charge is -2.05. The molecule has 0 atom stereocenters. The van der Waals surface area contributed by atoms with Crippen LogP contribution < -0.4 is 15.0 Å². The fourth-order valence-electron chi connectivity index (χ4n) is 2.20. The van der Waals surface area contributed by atoms with E-state index in [1.54, 1.807) is 38.5 Å². The van der Waals surface area contributed by atoms with Crippen LogP contribution in [0.25, 0.3) is 10.9 Å². The van der Waals surface area contributed by atoms with E-state index in [1.807, 2.05) is 12.1 Å². The van der Waals surface area contributed by atoms with E-state index in [-0.39, 0.29) is 5.56 Å². The van der Waals surface area contributed by atoms with Crippen LogP contribution in [0.15, 0.2) is 47.5 Å². The van der Waals surface area contributed by atoms with Crippen molar-refractivity contribution < 1.29 is 9.47 Å². The van der Waals surface area contributed by atoms with Crippen molar-refractivity contribution >= 4 is 10.9 Å². The molecule has 5 nitrogen and oxygen atoms in total. The molecule has 0 saturated carbocycles. The number of fused-ring (bicyclic) bond motifs is 1. The molecule has 5 heteroatoms. The van der Waals surface area contributed by atoms with Gasteiger partial charge in [-0.05, 0) is 36.4 Å². The molecular weight excluding hydrogens is 292 g/mol. The third-order valence-electron chi connectivity index (χ3n) is 3.39. The number of ether oxygens (including phenoxy) is 2. The fraction of sp³-hybridized carbons (Fsp3) is 0.111. The number of rotatable bonds is 2. The number of methoxy groups -OCH3 is 2. The van der Waals surface area contributed by atoms with Gasteiger partial charge in [-0.15, -0.1) is 0 Å². The SMILES string of the molecule is COc1ccc(OC)c(C#Cc2ccc3nc[nH]c(=O)c3c2)c1. The summed E-state index contributed by atoms with van der Waals surface area (Å²) >= 11 is 0. The van der Waals surface area contributed by atoms with Gasteiger partial charge in [-0.2, -0.15) is 0 Å². The van der Waals surface area contributed by atoms with Crippen molar-refractivity contribution in [3.05, 3.63) is 64.2 Å². The molecule has 3 aromatic rings. The number of hydrogen-bond donors (Lipinski definition) is 1. The first-order valence-electron chi connectivity index (χ1n) is 6.93. The van der Waals surface area contributed by atoms with Gasteiger partial charge in [0.25, 0.3) is 5.56 Å². The predicted molar refractivity (Wildman–Crippen MR) is 87.9 cm³/mol. The van der Waals surface area contributed by atoms with Gasteiger partial charge < -0.3 is 14.5 Å². The van der Waals surface area contributed by atoms with Crippen molar-refractivity contribution in [2.24, 2.45) is 0 Å². The largest absolute Gasteiger partial charge is 0.497 e. The monoisotopic (exact) mass is 306 g/mol. The van der Waals surface area contributed by atoms with Crippen LogP contribution in [0, 0.1) is 11.8 Å². The quantitative estimate of drug-likeness (QED) is 0.738. The van der Waals surface area contributed by atoms with Crippen LogP contribution in [0.4, 0.5) is 0 Å². The molecule has 23 heavy (non-hydrogen) atoms. The minimum atomic E-state index is -0.183. The summed E-state index contributed by atoms with van der Waals surface area (Å²) in [7, 11) is 3.19. The maximum atomic E-state index is 11.8. The molecule has 3 rings (SSSR count). The second kappa shape index (κ2) is 6.24. The number of nitrogens with zero attached hydrogens (tertiary/aromatic N) is 1. The lowest BCUT2D eigenvalue weighted by molar-refractivity contribution is 0.402. The lowest BCUT2D eigenvalue weighted by atomic mass is 10.1. The van der Waals surface area contributed by atoms with E-state index < -0.39 is 0 Å². The Balaban J connectivity index is 2.05. The molecule has 0 aliphatic rings. The minimum Gasteiger partial charge on any atom is -0.497 e. The zero-order valence-electron chi connectivity index (χ0n) is 12.7. The first-order valence-corrected chi connectivity index (χ1v) is 6.93. The predicted octanol–water partition coefficient (Wildman–Crippen LogP) is 2.34. The van der Waals surface area contributed by atoms with Gasteiger partial charge in [0.15, 0.2) is 0 Å². The summed E-state index contributed by atoms with van der Waals surface area (Å²) in [6, 6.07) is 10.7. The van der Waals surface area contributed by atoms with Crippen LogP contribution in [0.2, 0.25) is 0 Å². The molecule has 0 bridgehead atoms. The number of H-pyrrole nitrogens is 1. The van der Waals surface area contributed by atoms with Crippen LogP contribution in [-0.4, -0.2) is 24.2 Å². The topological polar surface area (TPSA) is 64.2 Å². The van der Waals surface area contributed by atoms with Crippen molar-refractivity contribution in [2.75, 3.05) is 14.2 Å². The van der Waals surface area contributed by atoms with Crippen LogP contribution in [0.1, 0.15) is 11.1 Å². The minimum absolute atomic E-state index is 0.183. The summed E-state index contributed by atoms with van der Waals surface area (Å²) in [5.74, 6) is 7.46. The number of nitrogens with one attached hydrogen (secondary N) is 1. The van der Waals surface area contributed by atoms with Crippen LogP contribution in [0.3, 0.4) is 0 Å². The van der Waals surface area contributed by atoms with Crippen LogP contribution in [0.5, 0.6) is 11.5 Å². The van der Waals surface area contributed by atoms with Gasteiger partial charge in [0.2, 0.25) is 0 Å². The molecule has 0 radical (unpaired) electrons. The first kappa shape index (κ1) is 14.7. The highest BCUT2D eigenvalue weighted by atomic mass is 16.5. The summed E-state index contributed by atoms with van der Waals surface area (Å²) in [4.78, 5) is 18.5. The molecular formula is C18H14N2O3. The van der Waals surface area contributed by atoms with Crippen molar-refractivity contribution in [1.82, 2.24) is 9.97 Å². The van der Waals surface area contributed by atoms with E-state index in [2.05, 4.69) is 21.8 Å². The van der Waals surface area contributed by atoms with Crippen molar-refractivity contribution in [3.8, 4) is 23.3 Å². The molecule has 114 valence electrons. The van der Waals surface area contributed by atoms with Crippen LogP contribution in [-0.2, 0) is 0 Å². The molecule has 1 aromatic heterocycles. The molecule has 2 aromatic carbocycles. The Morgan fingerprint density at radius 1 is 1.04 bits per heavy atom. The maximum Gasteiger partial charge on any atom is 0.258 e. The van der Waals surface area contributed by atoms with E-state index in [4.69, 9.17) is 9.47 Å². The van der Waals surface area contributed by atoms with Gasteiger partial charge in [0, 0.05) is 5.56 Å². The molecule has 1 N–H and O–H groups in total. The Morgan fingerprint density at radius 2 is 1.91 bits per heavy atom. The molecule has 0 fully saturated rings. The average Bonchev–Trinajstić information content (AvgIpc) is 2.60. The Labute approximate surface area is 132 Å². The highest BCUT2D eigenvalue weighted by Crippen LogP contribution is 2.23. The average molecular weight is 306 g/mol. The molecule has 0 spiro atoms. The smallest absolute Gasteiger partial charge is 0.258 e. The van der Waals surface area contributed by atoms with Gasteiger partial charge in [-0.25, -0.2) is 4.98 Å². The zero-order valence-corrected chi connectivity index (χ0v) is 12.7. The summed E-state index contributed by atoms with van der Waals surface area (Å²) in [5, 5.41) is 0.511. The van der Waals surface area contributed by atoms with E-state index in [9.17, 15) is 4.79 Å². The summed E-state index contributed by atoms with van der Waals surface area (Å²) in [6.45, 7) is 0. The Kier molecular flexibility index (Phi) is 3.98. The van der Waals surface area contributed by atoms with Gasteiger partial charge >= 0.3 is 0 Å². The summed E-state index contributed by atoms with van der Waals surface area (Å²) in [5.41, 5.74) is 1.89. The van der Waals surface area contributed by atoms with Crippen molar-refractivity contribution in [3.63, 3.8) is 0 Å². The number of hydrogen-bond acceptors (Lipinski definition) is 4. The van der Waals surface area contributed by atoms with E-state index in [0.717, 1.165) is 5.56 Å². The third-order valence-corrected chi connectivity index (χ3v) is 3.39. The van der Waals surface area contributed by atoms with Gasteiger partial charge in [0.1, 0.15) is 11.5 Å². The number of aromatic amines is 1. The van der Waals surface area contributed by atoms with E-state index in [1.165, 1.54) is 6.33 Å². The van der Waals surface area contributed by atoms with E-state index >= 15 is 0 Å². The second-order valence-corrected chi connectivity index (χ2v) is 4.78. The van der Waals surface area contributed by atoms with Gasteiger partial charge in [0.05, 0.1) is 37.0 Å². The first-order chi connectivity index (χ1) is 11.2. The highest BCUT2D eigenvalue weighted by Gasteiger charge is 2.03. The molecule has 0 aliphatic carbocycles. The molecule has 0 saturated heterocycles. The lowest BCUT2D eigenvalue weighted by Crippen LogP contribution is -2.06. The molecule has 0 unspecified atom stereocenters. The Bertz CT molecular complexity index is 981. The second-order valence-electron chi connectivity index (χ2n) is 4.78. The molecule has 0 amide bonds. The van der Waals surface area contributed by atoms with Gasteiger partial charge in [-0.1, -0.05) is 11.8 Å².